The average molecular weight is 407 g/mol. The summed E-state index contributed by atoms with van der Waals surface area (Å²) in [5, 5.41) is 11.5. The number of amides is 1. The highest BCUT2D eigenvalue weighted by molar-refractivity contribution is 7.99. The van der Waals surface area contributed by atoms with Gasteiger partial charge in [0.05, 0.1) is 23.4 Å². The third kappa shape index (κ3) is 4.40. The van der Waals surface area contributed by atoms with E-state index in [-0.39, 0.29) is 16.7 Å². The quantitative estimate of drug-likeness (QED) is 0.626. The van der Waals surface area contributed by atoms with Gasteiger partial charge >= 0.3 is 0 Å². The van der Waals surface area contributed by atoms with Crippen LogP contribution in [-0.2, 0) is 11.8 Å². The third-order valence-electron chi connectivity index (χ3n) is 3.72. The summed E-state index contributed by atoms with van der Waals surface area (Å²) in [6.45, 7) is 0. The topological polar surface area (TPSA) is 69.0 Å². The fraction of sp³-hybridized carbons (Fsp3) is 0.167. The number of rotatable bonds is 6. The Hall–Kier alpha value is -2.58. The van der Waals surface area contributed by atoms with E-state index in [0.29, 0.717) is 22.4 Å². The van der Waals surface area contributed by atoms with Crippen molar-refractivity contribution in [3.63, 3.8) is 0 Å². The maximum Gasteiger partial charge on any atom is 0.234 e. The van der Waals surface area contributed by atoms with Gasteiger partial charge in [-0.25, -0.2) is 4.39 Å². The van der Waals surface area contributed by atoms with Gasteiger partial charge in [-0.05, 0) is 30.3 Å². The Morgan fingerprint density at radius 2 is 2.07 bits per heavy atom. The molecule has 0 atom stereocenters. The van der Waals surface area contributed by atoms with Gasteiger partial charge in [0.25, 0.3) is 0 Å². The highest BCUT2D eigenvalue weighted by Gasteiger charge is 2.16. The molecule has 1 heterocycles. The highest BCUT2D eigenvalue weighted by atomic mass is 35.5. The van der Waals surface area contributed by atoms with E-state index >= 15 is 0 Å². The molecule has 0 saturated carbocycles. The lowest BCUT2D eigenvalue weighted by Gasteiger charge is -2.08. The Bertz CT molecular complexity index is 980. The molecule has 140 valence electrons. The number of hydrogen-bond acceptors (Lipinski definition) is 5. The Morgan fingerprint density at radius 1 is 1.30 bits per heavy atom. The number of aromatic nitrogens is 3. The first-order valence-electron chi connectivity index (χ1n) is 7.90. The van der Waals surface area contributed by atoms with Gasteiger partial charge in [0.15, 0.2) is 11.0 Å². The van der Waals surface area contributed by atoms with E-state index in [4.69, 9.17) is 16.3 Å². The summed E-state index contributed by atoms with van der Waals surface area (Å²) in [5.74, 6) is 0.653. The van der Waals surface area contributed by atoms with E-state index < -0.39 is 5.82 Å². The van der Waals surface area contributed by atoms with E-state index in [0.717, 1.165) is 5.56 Å². The zero-order chi connectivity index (χ0) is 19.4. The largest absolute Gasteiger partial charge is 0.496 e. The monoisotopic (exact) mass is 406 g/mol. The van der Waals surface area contributed by atoms with Crippen molar-refractivity contribution in [3.8, 4) is 17.1 Å². The number of carbonyl (C=O) groups is 1. The summed E-state index contributed by atoms with van der Waals surface area (Å²) in [7, 11) is 3.42. The van der Waals surface area contributed by atoms with Crippen LogP contribution in [0.4, 0.5) is 10.1 Å². The molecule has 0 radical (unpaired) electrons. The molecule has 9 heteroatoms. The second-order valence-corrected chi connectivity index (χ2v) is 6.88. The maximum atomic E-state index is 13.2. The zero-order valence-electron chi connectivity index (χ0n) is 14.6. The van der Waals surface area contributed by atoms with Gasteiger partial charge in [0.2, 0.25) is 5.91 Å². The van der Waals surface area contributed by atoms with Crippen molar-refractivity contribution in [2.24, 2.45) is 7.05 Å². The molecule has 0 spiro atoms. The Kier molecular flexibility index (Phi) is 5.98. The highest BCUT2D eigenvalue weighted by Crippen LogP contribution is 2.30. The van der Waals surface area contributed by atoms with Crippen LogP contribution in [0.1, 0.15) is 0 Å². The van der Waals surface area contributed by atoms with Crippen LogP contribution in [0, 0.1) is 5.82 Å². The number of ether oxygens (including phenoxy) is 1. The summed E-state index contributed by atoms with van der Waals surface area (Å²) < 4.78 is 20.3. The summed E-state index contributed by atoms with van der Waals surface area (Å²) in [6.07, 6.45) is 0. The van der Waals surface area contributed by atoms with Crippen molar-refractivity contribution < 1.29 is 13.9 Å². The minimum absolute atomic E-state index is 0.0461. The molecule has 0 fully saturated rings. The Morgan fingerprint density at radius 3 is 2.81 bits per heavy atom. The molecule has 1 aromatic heterocycles. The summed E-state index contributed by atoms with van der Waals surface area (Å²) in [6, 6.07) is 11.5. The van der Waals surface area contributed by atoms with E-state index in [9.17, 15) is 9.18 Å². The second-order valence-electron chi connectivity index (χ2n) is 5.53. The van der Waals surface area contributed by atoms with Gasteiger partial charge in [0.1, 0.15) is 11.6 Å². The summed E-state index contributed by atoms with van der Waals surface area (Å²) in [5.41, 5.74) is 1.24. The first-order valence-corrected chi connectivity index (χ1v) is 9.26. The molecule has 0 unspecified atom stereocenters. The van der Waals surface area contributed by atoms with Crippen molar-refractivity contribution in [2.45, 2.75) is 5.16 Å². The number of nitrogens with zero attached hydrogens (tertiary/aromatic N) is 3. The van der Waals surface area contributed by atoms with Gasteiger partial charge in [-0.2, -0.15) is 0 Å². The average Bonchev–Trinajstić information content (AvgIpc) is 3.03. The number of benzene rings is 2. The smallest absolute Gasteiger partial charge is 0.234 e. The molecule has 1 amide bonds. The normalized spacial score (nSPS) is 10.7. The first-order chi connectivity index (χ1) is 13.0. The van der Waals surface area contributed by atoms with Crippen LogP contribution in [-0.4, -0.2) is 33.5 Å². The number of thioether (sulfide) groups is 1. The minimum atomic E-state index is -0.535. The van der Waals surface area contributed by atoms with Crippen molar-refractivity contribution in [1.29, 1.82) is 0 Å². The van der Waals surface area contributed by atoms with Gasteiger partial charge in [-0.3, -0.25) is 4.79 Å². The molecule has 6 nitrogen and oxygen atoms in total. The van der Waals surface area contributed by atoms with E-state index in [1.807, 2.05) is 31.3 Å². The zero-order valence-corrected chi connectivity index (χ0v) is 16.1. The van der Waals surface area contributed by atoms with Gasteiger partial charge < -0.3 is 14.6 Å². The molecule has 3 aromatic rings. The van der Waals surface area contributed by atoms with Crippen LogP contribution < -0.4 is 10.1 Å². The number of methoxy groups -OCH3 is 1. The number of para-hydroxylation sites is 1. The second kappa shape index (κ2) is 8.41. The number of anilines is 1. The fourth-order valence-corrected chi connectivity index (χ4v) is 3.30. The molecule has 3 rings (SSSR count). The lowest BCUT2D eigenvalue weighted by molar-refractivity contribution is -0.113. The number of hydrogen-bond donors (Lipinski definition) is 1. The molecule has 0 aliphatic rings. The molecule has 2 aromatic carbocycles. The Balaban J connectivity index is 1.67. The van der Waals surface area contributed by atoms with E-state index in [1.165, 1.54) is 30.0 Å². The van der Waals surface area contributed by atoms with Crippen LogP contribution in [0.2, 0.25) is 5.02 Å². The molecular formula is C18H16ClFN4O2S. The molecule has 0 bridgehead atoms. The lowest BCUT2D eigenvalue weighted by Crippen LogP contribution is -2.14. The van der Waals surface area contributed by atoms with Gasteiger partial charge in [-0.15, -0.1) is 10.2 Å². The molecule has 0 saturated heterocycles. The maximum absolute atomic E-state index is 13.2. The van der Waals surface area contributed by atoms with Crippen LogP contribution >= 0.6 is 23.4 Å². The number of halogens is 2. The summed E-state index contributed by atoms with van der Waals surface area (Å²) >= 11 is 6.95. The minimum Gasteiger partial charge on any atom is -0.496 e. The third-order valence-corrected chi connectivity index (χ3v) is 5.03. The Labute approximate surface area is 164 Å². The molecule has 1 N–H and O–H groups in total. The van der Waals surface area contributed by atoms with Crippen LogP contribution in [0.15, 0.2) is 47.6 Å². The molecule has 0 aliphatic heterocycles. The van der Waals surface area contributed by atoms with Gasteiger partial charge in [-0.1, -0.05) is 35.5 Å². The van der Waals surface area contributed by atoms with E-state index in [1.54, 1.807) is 11.7 Å². The molecule has 0 aliphatic carbocycles. The van der Waals surface area contributed by atoms with E-state index in [2.05, 4.69) is 15.5 Å². The van der Waals surface area contributed by atoms with Crippen molar-refractivity contribution >= 4 is 35.0 Å². The first kappa shape index (κ1) is 19.2. The standard InChI is InChI=1S/C18H16ClFN4O2S/c1-24-17(12-5-3-4-6-15(12)26-2)22-23-18(24)27-10-16(25)21-11-7-8-14(20)13(19)9-11/h3-9H,10H2,1-2H3,(H,21,25). The SMILES string of the molecule is COc1ccccc1-c1nnc(SCC(=O)Nc2ccc(F)c(Cl)c2)n1C. The summed E-state index contributed by atoms with van der Waals surface area (Å²) in [4.78, 5) is 12.1. The van der Waals surface area contributed by atoms with Crippen LogP contribution in [0.5, 0.6) is 5.75 Å². The van der Waals surface area contributed by atoms with Crippen LogP contribution in [0.25, 0.3) is 11.4 Å². The predicted octanol–water partition coefficient (Wildman–Crippen LogP) is 4.01. The van der Waals surface area contributed by atoms with Crippen LogP contribution in [0.3, 0.4) is 0 Å². The number of nitrogens with one attached hydrogen (secondary N) is 1. The van der Waals surface area contributed by atoms with Crippen molar-refractivity contribution in [1.82, 2.24) is 14.8 Å². The predicted molar refractivity (Wildman–Crippen MR) is 104 cm³/mol. The van der Waals surface area contributed by atoms with Crippen molar-refractivity contribution in [3.05, 3.63) is 53.3 Å². The van der Waals surface area contributed by atoms with Crippen molar-refractivity contribution in [2.75, 3.05) is 18.2 Å². The molecule has 27 heavy (non-hydrogen) atoms. The number of carbonyl (C=O) groups excluding carboxylic acids is 1. The molecular weight excluding hydrogens is 391 g/mol. The van der Waals surface area contributed by atoms with Gasteiger partial charge in [0, 0.05) is 12.7 Å². The lowest BCUT2D eigenvalue weighted by atomic mass is 10.2. The fourth-order valence-electron chi connectivity index (χ4n) is 2.41.